The molecule has 1 saturated carbocycles. The SMILES string of the molecule is N/C(=N\O)C1(c2ccc(OC(F)(F)C(F)F)cc2)CC1. The molecule has 0 heterocycles. The second-order valence-electron chi connectivity index (χ2n) is 4.56. The van der Waals surface area contributed by atoms with Crippen LogP contribution < -0.4 is 10.5 Å². The Balaban J connectivity index is 2.16. The van der Waals surface area contributed by atoms with Crippen molar-refractivity contribution in [3.8, 4) is 5.75 Å². The zero-order valence-corrected chi connectivity index (χ0v) is 10.2. The Morgan fingerprint density at radius 3 is 2.25 bits per heavy atom. The third kappa shape index (κ3) is 2.50. The van der Waals surface area contributed by atoms with Crippen LogP contribution in [-0.2, 0) is 5.41 Å². The monoisotopic (exact) mass is 292 g/mol. The van der Waals surface area contributed by atoms with Crippen molar-refractivity contribution in [2.45, 2.75) is 30.8 Å². The third-order valence-corrected chi connectivity index (χ3v) is 3.26. The van der Waals surface area contributed by atoms with Gasteiger partial charge in [-0.2, -0.15) is 17.6 Å². The second kappa shape index (κ2) is 4.84. The van der Waals surface area contributed by atoms with Gasteiger partial charge < -0.3 is 15.7 Å². The molecule has 3 N–H and O–H groups in total. The van der Waals surface area contributed by atoms with Crippen molar-refractivity contribution >= 4 is 5.84 Å². The molecule has 1 aromatic carbocycles. The molecule has 0 saturated heterocycles. The molecule has 0 unspecified atom stereocenters. The molecule has 1 aliphatic carbocycles. The van der Waals surface area contributed by atoms with Crippen molar-refractivity contribution in [2.24, 2.45) is 10.9 Å². The number of halogens is 4. The number of alkyl halides is 4. The molecule has 1 aromatic rings. The van der Waals surface area contributed by atoms with E-state index in [1.165, 1.54) is 12.1 Å². The Hall–Kier alpha value is -1.99. The predicted molar refractivity (Wildman–Crippen MR) is 62.3 cm³/mol. The number of rotatable bonds is 5. The highest BCUT2D eigenvalue weighted by Crippen LogP contribution is 2.48. The van der Waals surface area contributed by atoms with Crippen LogP contribution in [0, 0.1) is 0 Å². The fourth-order valence-corrected chi connectivity index (χ4v) is 1.96. The van der Waals surface area contributed by atoms with Crippen molar-refractivity contribution < 1.29 is 27.5 Å². The summed E-state index contributed by atoms with van der Waals surface area (Å²) in [5.41, 5.74) is 5.63. The molecule has 1 aliphatic rings. The van der Waals surface area contributed by atoms with Crippen molar-refractivity contribution in [1.29, 1.82) is 0 Å². The summed E-state index contributed by atoms with van der Waals surface area (Å²) >= 11 is 0. The molecule has 0 bridgehead atoms. The van der Waals surface area contributed by atoms with Gasteiger partial charge >= 0.3 is 12.5 Å². The zero-order chi connectivity index (χ0) is 15.0. The van der Waals surface area contributed by atoms with Crippen molar-refractivity contribution in [2.75, 3.05) is 0 Å². The van der Waals surface area contributed by atoms with Gasteiger partial charge in [-0.1, -0.05) is 17.3 Å². The highest BCUT2D eigenvalue weighted by Gasteiger charge is 2.49. The fraction of sp³-hybridized carbons (Fsp3) is 0.417. The minimum Gasteiger partial charge on any atom is -0.428 e. The van der Waals surface area contributed by atoms with Crippen molar-refractivity contribution in [1.82, 2.24) is 0 Å². The van der Waals surface area contributed by atoms with Gasteiger partial charge in [0.15, 0.2) is 0 Å². The molecule has 0 radical (unpaired) electrons. The maximum absolute atomic E-state index is 12.7. The maximum atomic E-state index is 12.7. The average molecular weight is 292 g/mol. The molecular formula is C12H12F4N2O2. The van der Waals surface area contributed by atoms with Gasteiger partial charge in [-0.25, -0.2) is 0 Å². The lowest BCUT2D eigenvalue weighted by molar-refractivity contribution is -0.253. The summed E-state index contributed by atoms with van der Waals surface area (Å²) in [6.45, 7) is 0. The molecule has 0 atom stereocenters. The Bertz CT molecular complexity index is 513. The molecule has 8 heteroatoms. The van der Waals surface area contributed by atoms with Gasteiger partial charge in [0.25, 0.3) is 0 Å². The smallest absolute Gasteiger partial charge is 0.428 e. The van der Waals surface area contributed by atoms with E-state index in [2.05, 4.69) is 9.89 Å². The third-order valence-electron chi connectivity index (χ3n) is 3.26. The molecule has 110 valence electrons. The van der Waals surface area contributed by atoms with E-state index in [1.807, 2.05) is 0 Å². The Kier molecular flexibility index (Phi) is 3.49. The summed E-state index contributed by atoms with van der Waals surface area (Å²) in [5.74, 6) is -0.349. The first-order valence-corrected chi connectivity index (χ1v) is 5.75. The van der Waals surface area contributed by atoms with Crippen LogP contribution in [0.2, 0.25) is 0 Å². The molecule has 0 spiro atoms. The molecule has 0 aliphatic heterocycles. The van der Waals surface area contributed by atoms with Gasteiger partial charge in [0, 0.05) is 0 Å². The Labute approximate surface area is 111 Å². The second-order valence-corrected chi connectivity index (χ2v) is 4.56. The van der Waals surface area contributed by atoms with Crippen LogP contribution >= 0.6 is 0 Å². The molecule has 0 aromatic heterocycles. The Morgan fingerprint density at radius 1 is 1.30 bits per heavy atom. The van der Waals surface area contributed by atoms with Gasteiger partial charge in [0.05, 0.1) is 5.41 Å². The highest BCUT2D eigenvalue weighted by molar-refractivity contribution is 5.94. The van der Waals surface area contributed by atoms with Crippen LogP contribution in [-0.4, -0.2) is 23.6 Å². The summed E-state index contributed by atoms with van der Waals surface area (Å²) in [5, 5.41) is 11.6. The first kappa shape index (κ1) is 14.4. The van der Waals surface area contributed by atoms with Crippen molar-refractivity contribution in [3.63, 3.8) is 0 Å². The minimum atomic E-state index is -4.54. The highest BCUT2D eigenvalue weighted by atomic mass is 19.3. The summed E-state index contributed by atoms with van der Waals surface area (Å²) in [7, 11) is 0. The number of nitrogens with zero attached hydrogens (tertiary/aromatic N) is 1. The summed E-state index contributed by atoms with van der Waals surface area (Å²) in [4.78, 5) is 0. The largest absolute Gasteiger partial charge is 0.461 e. The van der Waals surface area contributed by atoms with E-state index in [4.69, 9.17) is 10.9 Å². The normalized spacial score (nSPS) is 18.1. The quantitative estimate of drug-likeness (QED) is 0.288. The lowest BCUT2D eigenvalue weighted by Gasteiger charge is -2.18. The summed E-state index contributed by atoms with van der Waals surface area (Å²) < 4.78 is 53.4. The lowest BCUT2D eigenvalue weighted by atomic mass is 9.95. The molecular weight excluding hydrogens is 280 g/mol. The van der Waals surface area contributed by atoms with Crippen molar-refractivity contribution in [3.05, 3.63) is 29.8 Å². The number of nitrogens with two attached hydrogens (primary N) is 1. The lowest BCUT2D eigenvalue weighted by Crippen LogP contribution is -2.33. The molecule has 0 amide bonds. The summed E-state index contributed by atoms with van der Waals surface area (Å²) in [6.07, 6.45) is -7.12. The van der Waals surface area contributed by atoms with Crippen LogP contribution in [0.1, 0.15) is 18.4 Å². The van der Waals surface area contributed by atoms with Gasteiger partial charge in [-0.15, -0.1) is 0 Å². The average Bonchev–Trinajstić information content (AvgIpc) is 3.19. The van der Waals surface area contributed by atoms with Gasteiger partial charge in [-0.3, -0.25) is 0 Å². The number of benzene rings is 1. The molecule has 4 nitrogen and oxygen atoms in total. The topological polar surface area (TPSA) is 67.8 Å². The van der Waals surface area contributed by atoms with Crippen LogP contribution in [0.4, 0.5) is 17.6 Å². The van der Waals surface area contributed by atoms with E-state index >= 15 is 0 Å². The van der Waals surface area contributed by atoms with E-state index in [0.717, 1.165) is 12.1 Å². The molecule has 1 fully saturated rings. The molecule has 2 rings (SSSR count). The molecule has 20 heavy (non-hydrogen) atoms. The standard InChI is InChI=1S/C12H12F4N2O2/c13-9(14)12(15,16)20-8-3-1-7(2-4-8)11(5-6-11)10(17)18-19/h1-4,9,19H,5-6H2,(H2,17,18). The number of hydrogen-bond acceptors (Lipinski definition) is 3. The van der Waals surface area contributed by atoms with E-state index in [0.29, 0.717) is 18.4 Å². The first-order valence-electron chi connectivity index (χ1n) is 5.75. The van der Waals surface area contributed by atoms with Crippen LogP contribution in [0.25, 0.3) is 0 Å². The van der Waals surface area contributed by atoms with E-state index in [1.54, 1.807) is 0 Å². The Morgan fingerprint density at radius 2 is 1.85 bits per heavy atom. The van der Waals surface area contributed by atoms with Gasteiger partial charge in [-0.05, 0) is 30.5 Å². The number of ether oxygens (including phenoxy) is 1. The van der Waals surface area contributed by atoms with Crippen LogP contribution in [0.5, 0.6) is 5.75 Å². The predicted octanol–water partition coefficient (Wildman–Crippen LogP) is 2.70. The number of hydrogen-bond donors (Lipinski definition) is 2. The van der Waals surface area contributed by atoms with Crippen LogP contribution in [0.3, 0.4) is 0 Å². The van der Waals surface area contributed by atoms with Gasteiger partial charge in [0.2, 0.25) is 0 Å². The minimum absolute atomic E-state index is 0.0316. The fourth-order valence-electron chi connectivity index (χ4n) is 1.96. The summed E-state index contributed by atoms with van der Waals surface area (Å²) in [6, 6.07) is 5.16. The van der Waals surface area contributed by atoms with Crippen LogP contribution in [0.15, 0.2) is 29.4 Å². The van der Waals surface area contributed by atoms with E-state index < -0.39 is 17.9 Å². The maximum Gasteiger partial charge on any atom is 0.461 e. The first-order chi connectivity index (χ1) is 9.32. The number of amidine groups is 1. The zero-order valence-electron chi connectivity index (χ0n) is 10.2. The number of oxime groups is 1. The van der Waals surface area contributed by atoms with E-state index in [-0.39, 0.29) is 11.6 Å². The van der Waals surface area contributed by atoms with E-state index in [9.17, 15) is 17.6 Å². The van der Waals surface area contributed by atoms with Gasteiger partial charge in [0.1, 0.15) is 11.6 Å².